The van der Waals surface area contributed by atoms with Gasteiger partial charge in [0.2, 0.25) is 11.8 Å². The molecule has 1 spiro atoms. The van der Waals surface area contributed by atoms with E-state index in [2.05, 4.69) is 33.0 Å². The maximum Gasteiger partial charge on any atom is 0.245 e. The van der Waals surface area contributed by atoms with Gasteiger partial charge in [0.1, 0.15) is 11.8 Å². The van der Waals surface area contributed by atoms with Gasteiger partial charge in [-0.25, -0.2) is 0 Å². The van der Waals surface area contributed by atoms with Crippen molar-refractivity contribution in [3.05, 3.63) is 0 Å². The van der Waals surface area contributed by atoms with Crippen molar-refractivity contribution in [2.75, 3.05) is 6.61 Å². The van der Waals surface area contributed by atoms with E-state index in [1.807, 2.05) is 18.7 Å². The third-order valence-corrected chi connectivity index (χ3v) is 5.57. The Hall–Kier alpha value is -1.10. The molecule has 5 heteroatoms. The zero-order valence-electron chi connectivity index (χ0n) is 16.9. The summed E-state index contributed by atoms with van der Waals surface area (Å²) in [6.07, 6.45) is 5.05. The van der Waals surface area contributed by atoms with E-state index in [4.69, 9.17) is 4.74 Å². The van der Waals surface area contributed by atoms with Gasteiger partial charge in [0.25, 0.3) is 0 Å². The summed E-state index contributed by atoms with van der Waals surface area (Å²) in [5, 5.41) is 3.04. The Morgan fingerprint density at radius 2 is 1.88 bits per heavy atom. The second-order valence-corrected chi connectivity index (χ2v) is 9.27. The van der Waals surface area contributed by atoms with E-state index in [1.54, 1.807) is 0 Å². The highest BCUT2D eigenvalue weighted by atomic mass is 16.5. The summed E-state index contributed by atoms with van der Waals surface area (Å²) in [4.78, 5) is 27.8. The Morgan fingerprint density at radius 3 is 2.40 bits per heavy atom. The molecule has 0 aromatic heterocycles. The molecule has 2 rings (SSSR count). The lowest BCUT2D eigenvalue weighted by Crippen LogP contribution is -2.57. The maximum absolute atomic E-state index is 13.2. The summed E-state index contributed by atoms with van der Waals surface area (Å²) in [5.41, 5.74) is -0.688. The van der Waals surface area contributed by atoms with Gasteiger partial charge < -0.3 is 10.1 Å². The molecule has 2 fully saturated rings. The van der Waals surface area contributed by atoms with Gasteiger partial charge in [-0.2, -0.15) is 0 Å². The molecule has 2 aliphatic rings. The SMILES string of the molecule is CC[C@H](C)NC(=O)[C@@H]1COC2(CCC(C)CC2)N1C(=O)CC(C)(C)C. The molecule has 0 aromatic carbocycles. The molecule has 5 nitrogen and oxygen atoms in total. The number of hydrogen-bond donors (Lipinski definition) is 1. The summed E-state index contributed by atoms with van der Waals surface area (Å²) in [6.45, 7) is 12.8. The van der Waals surface area contributed by atoms with E-state index in [1.165, 1.54) is 0 Å². The van der Waals surface area contributed by atoms with Crippen molar-refractivity contribution in [2.45, 2.75) is 97.9 Å². The zero-order chi connectivity index (χ0) is 18.8. The highest BCUT2D eigenvalue weighted by Crippen LogP contribution is 2.43. The van der Waals surface area contributed by atoms with Gasteiger partial charge in [-0.1, -0.05) is 34.6 Å². The first-order valence-electron chi connectivity index (χ1n) is 9.84. The van der Waals surface area contributed by atoms with Crippen LogP contribution < -0.4 is 5.32 Å². The molecule has 1 N–H and O–H groups in total. The molecule has 0 aromatic rings. The topological polar surface area (TPSA) is 58.6 Å². The van der Waals surface area contributed by atoms with Gasteiger partial charge in [0, 0.05) is 12.5 Å². The van der Waals surface area contributed by atoms with Crippen molar-refractivity contribution in [3.63, 3.8) is 0 Å². The molecule has 0 bridgehead atoms. The van der Waals surface area contributed by atoms with Crippen molar-refractivity contribution in [1.82, 2.24) is 10.2 Å². The molecular formula is C20H36N2O3. The fraction of sp³-hybridized carbons (Fsp3) is 0.900. The quantitative estimate of drug-likeness (QED) is 0.843. The molecule has 0 radical (unpaired) electrons. The van der Waals surface area contributed by atoms with Gasteiger partial charge in [0.15, 0.2) is 0 Å². The van der Waals surface area contributed by atoms with Gasteiger partial charge in [-0.15, -0.1) is 0 Å². The minimum atomic E-state index is -0.577. The molecule has 25 heavy (non-hydrogen) atoms. The largest absolute Gasteiger partial charge is 0.353 e. The fourth-order valence-electron chi connectivity index (χ4n) is 3.83. The van der Waals surface area contributed by atoms with Crippen molar-refractivity contribution in [3.8, 4) is 0 Å². The van der Waals surface area contributed by atoms with E-state index in [0.29, 0.717) is 18.9 Å². The molecule has 1 saturated heterocycles. The van der Waals surface area contributed by atoms with E-state index in [9.17, 15) is 9.59 Å². The van der Waals surface area contributed by atoms with Crippen LogP contribution in [0.4, 0.5) is 0 Å². The molecule has 2 amide bonds. The van der Waals surface area contributed by atoms with Crippen LogP contribution in [0.25, 0.3) is 0 Å². The molecule has 1 saturated carbocycles. The molecule has 1 aliphatic carbocycles. The van der Waals surface area contributed by atoms with Crippen LogP contribution in [0.15, 0.2) is 0 Å². The average molecular weight is 353 g/mol. The van der Waals surface area contributed by atoms with Gasteiger partial charge in [-0.3, -0.25) is 14.5 Å². The second-order valence-electron chi connectivity index (χ2n) is 9.27. The molecule has 1 heterocycles. The minimum absolute atomic E-state index is 0.0452. The van der Waals surface area contributed by atoms with Crippen LogP contribution in [0.3, 0.4) is 0 Å². The lowest BCUT2D eigenvalue weighted by atomic mass is 9.82. The first-order valence-corrected chi connectivity index (χ1v) is 9.84. The van der Waals surface area contributed by atoms with Gasteiger partial charge >= 0.3 is 0 Å². The van der Waals surface area contributed by atoms with Gasteiger partial charge in [-0.05, 0) is 50.4 Å². The lowest BCUT2D eigenvalue weighted by Gasteiger charge is -2.43. The normalized spacial score (nSPS) is 31.2. The standard InChI is InChI=1S/C20H36N2O3/c1-7-15(3)21-18(24)16-13-25-20(10-8-14(2)9-11-20)22(16)17(23)12-19(4,5)6/h14-16H,7-13H2,1-6H3,(H,21,24)/t14?,15-,16-,20?/m0/s1. The van der Waals surface area contributed by atoms with E-state index < -0.39 is 11.8 Å². The number of rotatable bonds is 4. The van der Waals surface area contributed by atoms with Crippen LogP contribution in [0.2, 0.25) is 0 Å². The molecule has 2 atom stereocenters. The van der Waals surface area contributed by atoms with E-state index in [0.717, 1.165) is 32.1 Å². The van der Waals surface area contributed by atoms with Crippen LogP contribution in [-0.4, -0.2) is 41.1 Å². The maximum atomic E-state index is 13.2. The van der Waals surface area contributed by atoms with Crippen LogP contribution in [0, 0.1) is 11.3 Å². The Morgan fingerprint density at radius 1 is 1.28 bits per heavy atom. The third kappa shape index (κ3) is 4.75. The van der Waals surface area contributed by atoms with E-state index in [-0.39, 0.29) is 23.3 Å². The second kappa shape index (κ2) is 7.65. The van der Waals surface area contributed by atoms with E-state index >= 15 is 0 Å². The summed E-state index contributed by atoms with van der Waals surface area (Å²) in [6, 6.07) is -0.396. The predicted octanol–water partition coefficient (Wildman–Crippen LogP) is 3.47. The summed E-state index contributed by atoms with van der Waals surface area (Å²) in [7, 11) is 0. The Labute approximate surface area is 152 Å². The molecule has 144 valence electrons. The first-order chi connectivity index (χ1) is 11.6. The molecule has 1 aliphatic heterocycles. The summed E-state index contributed by atoms with van der Waals surface area (Å²) in [5.74, 6) is 0.623. The zero-order valence-corrected chi connectivity index (χ0v) is 16.9. The third-order valence-electron chi connectivity index (χ3n) is 5.57. The first kappa shape index (κ1) is 20.2. The number of carbonyl (C=O) groups is 2. The number of carbonyl (C=O) groups excluding carboxylic acids is 2. The lowest BCUT2D eigenvalue weighted by molar-refractivity contribution is -0.163. The van der Waals surface area contributed by atoms with Crippen LogP contribution in [0.1, 0.15) is 80.1 Å². The van der Waals surface area contributed by atoms with Crippen molar-refractivity contribution in [1.29, 1.82) is 0 Å². The summed E-state index contributed by atoms with van der Waals surface area (Å²) >= 11 is 0. The highest BCUT2D eigenvalue weighted by Gasteiger charge is 2.53. The van der Waals surface area contributed by atoms with Crippen LogP contribution in [0.5, 0.6) is 0 Å². The Balaban J connectivity index is 2.24. The molecule has 0 unspecified atom stereocenters. The van der Waals surface area contributed by atoms with Crippen molar-refractivity contribution >= 4 is 11.8 Å². The van der Waals surface area contributed by atoms with Crippen molar-refractivity contribution in [2.24, 2.45) is 11.3 Å². The number of nitrogens with zero attached hydrogens (tertiary/aromatic N) is 1. The number of hydrogen-bond acceptors (Lipinski definition) is 3. The number of amides is 2. The average Bonchev–Trinajstić information content (AvgIpc) is 2.88. The Bertz CT molecular complexity index is 490. The fourth-order valence-corrected chi connectivity index (χ4v) is 3.83. The smallest absolute Gasteiger partial charge is 0.245 e. The van der Waals surface area contributed by atoms with Crippen LogP contribution in [-0.2, 0) is 14.3 Å². The minimum Gasteiger partial charge on any atom is -0.353 e. The number of nitrogens with one attached hydrogen (secondary N) is 1. The van der Waals surface area contributed by atoms with Crippen LogP contribution >= 0.6 is 0 Å². The molecular weight excluding hydrogens is 316 g/mol. The van der Waals surface area contributed by atoms with Crippen molar-refractivity contribution < 1.29 is 14.3 Å². The summed E-state index contributed by atoms with van der Waals surface area (Å²) < 4.78 is 6.17. The Kier molecular flexibility index (Phi) is 6.18. The highest BCUT2D eigenvalue weighted by molar-refractivity contribution is 5.89. The number of ether oxygens (including phenoxy) is 1. The monoisotopic (exact) mass is 352 g/mol. The predicted molar refractivity (Wildman–Crippen MR) is 98.9 cm³/mol. The van der Waals surface area contributed by atoms with Gasteiger partial charge in [0.05, 0.1) is 6.61 Å².